The highest BCUT2D eigenvalue weighted by Gasteiger charge is 2.08. The Hall–Kier alpha value is -2.99. The highest BCUT2D eigenvalue weighted by atomic mass is 35.5. The van der Waals surface area contributed by atoms with E-state index in [9.17, 15) is 0 Å². The number of benzene rings is 2. The van der Waals surface area contributed by atoms with Crippen molar-refractivity contribution in [1.82, 2.24) is 9.97 Å². The lowest BCUT2D eigenvalue weighted by Crippen LogP contribution is -2.08. The fourth-order valence-corrected chi connectivity index (χ4v) is 2.66. The van der Waals surface area contributed by atoms with Gasteiger partial charge in [-0.05, 0) is 48.4 Å². The van der Waals surface area contributed by atoms with Gasteiger partial charge in [-0.15, -0.1) is 0 Å². The summed E-state index contributed by atoms with van der Waals surface area (Å²) < 4.78 is 5.68. The average Bonchev–Trinajstić information content (AvgIpc) is 2.71. The number of nitrogens with two attached hydrogens (primary N) is 1. The van der Waals surface area contributed by atoms with E-state index in [4.69, 9.17) is 22.1 Å². The first-order valence-electron chi connectivity index (χ1n) is 9.24. The highest BCUT2D eigenvalue weighted by Crippen LogP contribution is 2.27. The van der Waals surface area contributed by atoms with Crippen LogP contribution in [0.25, 0.3) is 0 Å². The van der Waals surface area contributed by atoms with Crippen LogP contribution in [-0.4, -0.2) is 16.6 Å². The molecular formula is C21H24ClN5O. The van der Waals surface area contributed by atoms with Gasteiger partial charge >= 0.3 is 0 Å². The van der Waals surface area contributed by atoms with Crippen LogP contribution in [0.4, 0.5) is 23.0 Å². The van der Waals surface area contributed by atoms with Crippen LogP contribution in [-0.2, 0) is 6.54 Å². The fourth-order valence-electron chi connectivity index (χ4n) is 2.53. The molecule has 0 fully saturated rings. The van der Waals surface area contributed by atoms with Crippen molar-refractivity contribution in [3.05, 3.63) is 65.4 Å². The normalized spacial score (nSPS) is 10.5. The zero-order valence-electron chi connectivity index (χ0n) is 15.8. The minimum absolute atomic E-state index is 0.458. The molecule has 3 rings (SSSR count). The number of nitrogen functional groups attached to an aromatic ring is 1. The van der Waals surface area contributed by atoms with E-state index in [0.717, 1.165) is 36.4 Å². The van der Waals surface area contributed by atoms with Gasteiger partial charge in [0.05, 0.1) is 6.61 Å². The quantitative estimate of drug-likeness (QED) is 0.428. The number of hydrogen-bond donors (Lipinski definition) is 3. The van der Waals surface area contributed by atoms with Crippen LogP contribution in [0.1, 0.15) is 25.3 Å². The summed E-state index contributed by atoms with van der Waals surface area (Å²) in [6, 6.07) is 15.3. The molecule has 0 saturated heterocycles. The molecule has 0 bridgehead atoms. The minimum Gasteiger partial charge on any atom is -0.494 e. The molecule has 0 amide bonds. The molecule has 0 atom stereocenters. The number of rotatable bonds is 9. The van der Waals surface area contributed by atoms with Gasteiger partial charge in [0, 0.05) is 17.3 Å². The van der Waals surface area contributed by atoms with Gasteiger partial charge in [-0.1, -0.05) is 37.1 Å². The number of aromatic nitrogens is 2. The summed E-state index contributed by atoms with van der Waals surface area (Å²) in [5.41, 5.74) is 8.64. The largest absolute Gasteiger partial charge is 0.494 e. The van der Waals surface area contributed by atoms with Crippen molar-refractivity contribution >= 4 is 34.6 Å². The highest BCUT2D eigenvalue weighted by molar-refractivity contribution is 6.30. The van der Waals surface area contributed by atoms with Gasteiger partial charge in [0.25, 0.3) is 0 Å². The molecule has 0 aliphatic carbocycles. The summed E-state index contributed by atoms with van der Waals surface area (Å²) in [7, 11) is 0. The Morgan fingerprint density at radius 3 is 2.43 bits per heavy atom. The lowest BCUT2D eigenvalue weighted by molar-refractivity contribution is 0.309. The molecule has 0 radical (unpaired) electrons. The minimum atomic E-state index is 0.458. The molecule has 0 aliphatic rings. The second-order valence-corrected chi connectivity index (χ2v) is 6.75. The molecule has 4 N–H and O–H groups in total. The predicted octanol–water partition coefficient (Wildman–Crippen LogP) is 5.25. The van der Waals surface area contributed by atoms with Crippen LogP contribution < -0.4 is 21.1 Å². The van der Waals surface area contributed by atoms with Gasteiger partial charge in [0.2, 0.25) is 0 Å². The van der Waals surface area contributed by atoms with Crippen molar-refractivity contribution in [2.75, 3.05) is 23.0 Å². The van der Waals surface area contributed by atoms with Crippen LogP contribution in [0, 0.1) is 0 Å². The number of unbranched alkanes of at least 4 members (excludes halogenated alkanes) is 1. The average molecular weight is 398 g/mol. The number of hydrogen-bond acceptors (Lipinski definition) is 6. The lowest BCUT2D eigenvalue weighted by Gasteiger charge is -2.13. The van der Waals surface area contributed by atoms with Crippen molar-refractivity contribution in [1.29, 1.82) is 0 Å². The Bertz CT molecular complexity index is 884. The third-order valence-electron chi connectivity index (χ3n) is 4.14. The number of halogens is 1. The second kappa shape index (κ2) is 9.80. The van der Waals surface area contributed by atoms with Gasteiger partial charge in [0.15, 0.2) is 11.6 Å². The Kier molecular flexibility index (Phi) is 6.92. The van der Waals surface area contributed by atoms with Gasteiger partial charge in [-0.25, -0.2) is 9.97 Å². The van der Waals surface area contributed by atoms with Gasteiger partial charge in [-0.2, -0.15) is 0 Å². The smallest absolute Gasteiger partial charge is 0.159 e. The molecule has 6 nitrogen and oxygen atoms in total. The molecule has 0 aliphatic heterocycles. The first kappa shape index (κ1) is 19.8. The van der Waals surface area contributed by atoms with E-state index in [0.29, 0.717) is 28.9 Å². The zero-order chi connectivity index (χ0) is 19.8. The molecule has 7 heteroatoms. The Morgan fingerprint density at radius 1 is 1.00 bits per heavy atom. The summed E-state index contributed by atoms with van der Waals surface area (Å²) in [6.07, 6.45) is 3.63. The van der Waals surface area contributed by atoms with E-state index in [1.54, 1.807) is 0 Å². The van der Waals surface area contributed by atoms with Crippen molar-refractivity contribution < 1.29 is 4.74 Å². The lowest BCUT2D eigenvalue weighted by atomic mass is 10.2. The van der Waals surface area contributed by atoms with Gasteiger partial charge in [0.1, 0.15) is 17.8 Å². The monoisotopic (exact) mass is 397 g/mol. The van der Waals surface area contributed by atoms with Crippen LogP contribution in [0.2, 0.25) is 5.02 Å². The van der Waals surface area contributed by atoms with Gasteiger partial charge < -0.3 is 21.1 Å². The maximum Gasteiger partial charge on any atom is 0.159 e. The third kappa shape index (κ3) is 5.50. The van der Waals surface area contributed by atoms with Crippen molar-refractivity contribution in [2.24, 2.45) is 0 Å². The Balaban J connectivity index is 1.63. The molecule has 28 heavy (non-hydrogen) atoms. The molecule has 146 valence electrons. The van der Waals surface area contributed by atoms with Gasteiger partial charge in [-0.3, -0.25) is 0 Å². The fraction of sp³-hybridized carbons (Fsp3) is 0.238. The number of nitrogens with one attached hydrogen (secondary N) is 2. The summed E-state index contributed by atoms with van der Waals surface area (Å²) in [4.78, 5) is 8.48. The van der Waals surface area contributed by atoms with E-state index in [2.05, 4.69) is 27.5 Å². The Labute approximate surface area is 170 Å². The molecule has 3 aromatic rings. The number of nitrogens with zero attached hydrogens (tertiary/aromatic N) is 2. The molecule has 2 aromatic carbocycles. The third-order valence-corrected chi connectivity index (χ3v) is 4.39. The van der Waals surface area contributed by atoms with E-state index < -0.39 is 0 Å². The SMILES string of the molecule is CCCCOc1ccc(Nc2ncnc(NCc3ccc(Cl)cc3)c2N)cc1. The molecule has 0 unspecified atom stereocenters. The maximum absolute atomic E-state index is 6.23. The zero-order valence-corrected chi connectivity index (χ0v) is 16.5. The summed E-state index contributed by atoms with van der Waals surface area (Å²) in [5, 5.41) is 7.16. The molecule has 1 aromatic heterocycles. The molecule has 0 saturated carbocycles. The molecular weight excluding hydrogens is 374 g/mol. The molecule has 0 spiro atoms. The van der Waals surface area contributed by atoms with Crippen molar-refractivity contribution in [2.45, 2.75) is 26.3 Å². The number of anilines is 4. The van der Waals surface area contributed by atoms with E-state index >= 15 is 0 Å². The summed E-state index contributed by atoms with van der Waals surface area (Å²) in [6.45, 7) is 3.45. The van der Waals surface area contributed by atoms with Crippen LogP contribution >= 0.6 is 11.6 Å². The maximum atomic E-state index is 6.23. The first-order valence-corrected chi connectivity index (χ1v) is 9.62. The molecule has 1 heterocycles. The number of ether oxygens (including phenoxy) is 1. The van der Waals surface area contributed by atoms with Crippen LogP contribution in [0.3, 0.4) is 0 Å². The first-order chi connectivity index (χ1) is 13.7. The Morgan fingerprint density at radius 2 is 1.71 bits per heavy atom. The predicted molar refractivity (Wildman–Crippen MR) is 115 cm³/mol. The standard InChI is InChI=1S/C21H24ClN5O/c1-2-3-12-28-18-10-8-17(9-11-18)27-21-19(23)20(25-14-26-21)24-13-15-4-6-16(22)7-5-15/h4-11,14H,2-3,12-13,23H2,1H3,(H2,24,25,26,27). The van der Waals surface area contributed by atoms with Crippen molar-refractivity contribution in [3.63, 3.8) is 0 Å². The topological polar surface area (TPSA) is 85.1 Å². The summed E-state index contributed by atoms with van der Waals surface area (Å²) >= 11 is 5.92. The van der Waals surface area contributed by atoms with Crippen molar-refractivity contribution in [3.8, 4) is 5.75 Å². The van der Waals surface area contributed by atoms with Crippen LogP contribution in [0.15, 0.2) is 54.9 Å². The van der Waals surface area contributed by atoms with Crippen LogP contribution in [0.5, 0.6) is 5.75 Å². The van der Waals surface area contributed by atoms with E-state index in [-0.39, 0.29) is 0 Å². The second-order valence-electron chi connectivity index (χ2n) is 6.32. The van der Waals surface area contributed by atoms with E-state index in [1.165, 1.54) is 6.33 Å². The van der Waals surface area contributed by atoms with E-state index in [1.807, 2.05) is 48.5 Å². The summed E-state index contributed by atoms with van der Waals surface area (Å²) in [5.74, 6) is 1.97.